The molecule has 47 heavy (non-hydrogen) atoms. The molecule has 0 atom stereocenters. The van der Waals surface area contributed by atoms with E-state index in [1.165, 1.54) is 33.4 Å². The Kier molecular flexibility index (Phi) is 8.87. The number of benzene rings is 6. The quantitative estimate of drug-likeness (QED) is 0.128. The van der Waals surface area contributed by atoms with Gasteiger partial charge in [-0.15, -0.1) is 0 Å². The third-order valence-corrected chi connectivity index (χ3v) is 9.04. The zero-order valence-corrected chi connectivity index (χ0v) is 26.8. The van der Waals surface area contributed by atoms with Crippen LogP contribution in [0.5, 0.6) is 11.5 Å². The molecule has 0 aliphatic heterocycles. The predicted octanol–water partition coefficient (Wildman–Crippen LogP) is 9.43. The molecule has 0 radical (unpaired) electrons. The summed E-state index contributed by atoms with van der Waals surface area (Å²) < 4.78 is 23.3. The second-order valence-corrected chi connectivity index (χ2v) is 11.7. The fraction of sp³-hybridized carbons (Fsp3) is 0.163. The van der Waals surface area contributed by atoms with E-state index in [2.05, 4.69) is 133 Å². The van der Waals surface area contributed by atoms with Crippen molar-refractivity contribution in [1.29, 1.82) is 0 Å². The van der Waals surface area contributed by atoms with Gasteiger partial charge in [-0.1, -0.05) is 121 Å². The lowest BCUT2D eigenvalue weighted by Crippen LogP contribution is -2.29. The SMILES string of the molecule is COCCOc1ccc(C2(c3ccc(OCCOC)c(-c4ccccc4)c3)c3ccccc3-c3ccccc32)cc1-c1ccccc1. The molecule has 0 spiro atoms. The molecular formula is C43H38O4. The average Bonchev–Trinajstić information content (AvgIpc) is 3.44. The van der Waals surface area contributed by atoms with Gasteiger partial charge >= 0.3 is 0 Å². The minimum atomic E-state index is -0.601. The standard InChI is InChI=1S/C43H38O4/c1-44-25-27-46-41-23-21-33(29-37(41)31-13-5-3-6-14-31)43(39-19-11-9-17-35(39)36-18-10-12-20-40(36)43)34-22-24-42(47-28-26-45-2)38(30-34)32-15-7-4-8-16-32/h3-24,29-30H,25-28H2,1-2H3. The molecule has 0 aromatic heterocycles. The van der Waals surface area contributed by atoms with Gasteiger partial charge in [0.05, 0.1) is 18.6 Å². The lowest BCUT2D eigenvalue weighted by atomic mass is 9.67. The molecule has 4 heteroatoms. The Bertz CT molecular complexity index is 1820. The third kappa shape index (κ3) is 5.61. The third-order valence-electron chi connectivity index (χ3n) is 9.04. The molecule has 0 N–H and O–H groups in total. The summed E-state index contributed by atoms with van der Waals surface area (Å²) in [6, 6.07) is 52.0. The minimum absolute atomic E-state index is 0.470. The summed E-state index contributed by atoms with van der Waals surface area (Å²) in [5.74, 6) is 1.66. The van der Waals surface area contributed by atoms with Crippen LogP contribution in [0.4, 0.5) is 0 Å². The normalized spacial score (nSPS) is 12.7. The molecule has 234 valence electrons. The van der Waals surface area contributed by atoms with Gasteiger partial charge in [0.1, 0.15) is 24.7 Å². The Labute approximate surface area is 277 Å². The smallest absolute Gasteiger partial charge is 0.127 e. The number of methoxy groups -OCH3 is 2. The van der Waals surface area contributed by atoms with Gasteiger partial charge in [0.25, 0.3) is 0 Å². The number of fused-ring (bicyclic) bond motifs is 3. The van der Waals surface area contributed by atoms with E-state index in [4.69, 9.17) is 18.9 Å². The highest BCUT2D eigenvalue weighted by molar-refractivity contribution is 5.88. The van der Waals surface area contributed by atoms with E-state index >= 15 is 0 Å². The van der Waals surface area contributed by atoms with Crippen LogP contribution in [-0.2, 0) is 14.9 Å². The first-order valence-electron chi connectivity index (χ1n) is 16.1. The van der Waals surface area contributed by atoms with E-state index in [1.807, 2.05) is 12.1 Å². The number of ether oxygens (including phenoxy) is 4. The summed E-state index contributed by atoms with van der Waals surface area (Å²) in [5.41, 5.74) is 11.0. The maximum atomic E-state index is 6.31. The van der Waals surface area contributed by atoms with Crippen molar-refractivity contribution in [2.45, 2.75) is 5.41 Å². The molecule has 0 amide bonds. The molecule has 1 aliphatic rings. The summed E-state index contributed by atoms with van der Waals surface area (Å²) in [5, 5.41) is 0. The highest BCUT2D eigenvalue weighted by atomic mass is 16.5. The summed E-state index contributed by atoms with van der Waals surface area (Å²) in [6.45, 7) is 1.97. The molecule has 0 fully saturated rings. The van der Waals surface area contributed by atoms with E-state index in [0.717, 1.165) is 33.8 Å². The van der Waals surface area contributed by atoms with Gasteiger partial charge in [0.15, 0.2) is 0 Å². The summed E-state index contributed by atoms with van der Waals surface area (Å²) in [7, 11) is 3.39. The fourth-order valence-electron chi connectivity index (χ4n) is 6.96. The average molecular weight is 619 g/mol. The largest absolute Gasteiger partial charge is 0.491 e. The summed E-state index contributed by atoms with van der Waals surface area (Å²) >= 11 is 0. The van der Waals surface area contributed by atoms with E-state index in [9.17, 15) is 0 Å². The Hall–Kier alpha value is -5.16. The van der Waals surface area contributed by atoms with E-state index < -0.39 is 5.41 Å². The number of rotatable bonds is 12. The van der Waals surface area contributed by atoms with Crippen LogP contribution in [0.25, 0.3) is 33.4 Å². The molecule has 6 aromatic rings. The molecule has 0 bridgehead atoms. The Morgan fingerprint density at radius 3 is 1.23 bits per heavy atom. The maximum absolute atomic E-state index is 6.31. The van der Waals surface area contributed by atoms with Crippen LogP contribution in [-0.4, -0.2) is 40.6 Å². The molecule has 6 aromatic carbocycles. The highest BCUT2D eigenvalue weighted by Crippen LogP contribution is 2.57. The van der Waals surface area contributed by atoms with Crippen molar-refractivity contribution in [3.63, 3.8) is 0 Å². The van der Waals surface area contributed by atoms with Crippen molar-refractivity contribution in [1.82, 2.24) is 0 Å². The van der Waals surface area contributed by atoms with Crippen molar-refractivity contribution in [2.24, 2.45) is 0 Å². The maximum Gasteiger partial charge on any atom is 0.127 e. The Balaban J connectivity index is 1.51. The molecule has 1 aliphatic carbocycles. The zero-order valence-electron chi connectivity index (χ0n) is 26.8. The lowest BCUT2D eigenvalue weighted by Gasteiger charge is -2.35. The van der Waals surface area contributed by atoms with Crippen LogP contribution in [0.15, 0.2) is 146 Å². The van der Waals surface area contributed by atoms with Crippen LogP contribution in [0.3, 0.4) is 0 Å². The van der Waals surface area contributed by atoms with Gasteiger partial charge in [-0.05, 0) is 68.8 Å². The van der Waals surface area contributed by atoms with Gasteiger partial charge in [-0.25, -0.2) is 0 Å². The second kappa shape index (κ2) is 13.7. The topological polar surface area (TPSA) is 36.9 Å². The highest BCUT2D eigenvalue weighted by Gasteiger charge is 2.46. The number of hydrogen-bond acceptors (Lipinski definition) is 4. The first kappa shape index (κ1) is 30.5. The van der Waals surface area contributed by atoms with Crippen molar-refractivity contribution in [2.75, 3.05) is 40.6 Å². The summed E-state index contributed by atoms with van der Waals surface area (Å²) in [4.78, 5) is 0. The van der Waals surface area contributed by atoms with Gasteiger partial charge < -0.3 is 18.9 Å². The fourth-order valence-corrected chi connectivity index (χ4v) is 6.96. The Morgan fingerprint density at radius 2 is 0.809 bits per heavy atom. The first-order chi connectivity index (χ1) is 23.3. The van der Waals surface area contributed by atoms with Crippen LogP contribution in [0.1, 0.15) is 22.3 Å². The summed E-state index contributed by atoms with van der Waals surface area (Å²) in [6.07, 6.45) is 0. The van der Waals surface area contributed by atoms with Crippen molar-refractivity contribution < 1.29 is 18.9 Å². The van der Waals surface area contributed by atoms with Gasteiger partial charge in [0, 0.05) is 25.3 Å². The monoisotopic (exact) mass is 618 g/mol. The van der Waals surface area contributed by atoms with Crippen LogP contribution in [0.2, 0.25) is 0 Å². The van der Waals surface area contributed by atoms with E-state index in [1.54, 1.807) is 14.2 Å². The molecule has 7 rings (SSSR count). The second-order valence-electron chi connectivity index (χ2n) is 11.7. The van der Waals surface area contributed by atoms with E-state index in [0.29, 0.717) is 26.4 Å². The van der Waals surface area contributed by atoms with Gasteiger partial charge in [0.2, 0.25) is 0 Å². The molecule has 0 saturated carbocycles. The van der Waals surface area contributed by atoms with E-state index in [-0.39, 0.29) is 0 Å². The van der Waals surface area contributed by atoms with Crippen molar-refractivity contribution in [3.8, 4) is 44.9 Å². The molecule has 0 unspecified atom stereocenters. The van der Waals surface area contributed by atoms with Crippen LogP contribution < -0.4 is 9.47 Å². The molecular weight excluding hydrogens is 580 g/mol. The van der Waals surface area contributed by atoms with Crippen LogP contribution in [0, 0.1) is 0 Å². The zero-order chi connectivity index (χ0) is 32.1. The van der Waals surface area contributed by atoms with Gasteiger partial charge in [-0.2, -0.15) is 0 Å². The molecule has 4 nitrogen and oxygen atoms in total. The van der Waals surface area contributed by atoms with Gasteiger partial charge in [-0.3, -0.25) is 0 Å². The number of hydrogen-bond donors (Lipinski definition) is 0. The lowest BCUT2D eigenvalue weighted by molar-refractivity contribution is 0.146. The van der Waals surface area contributed by atoms with Crippen molar-refractivity contribution >= 4 is 0 Å². The first-order valence-corrected chi connectivity index (χ1v) is 16.1. The predicted molar refractivity (Wildman–Crippen MR) is 189 cm³/mol. The van der Waals surface area contributed by atoms with Crippen LogP contribution >= 0.6 is 0 Å². The van der Waals surface area contributed by atoms with Crippen molar-refractivity contribution in [3.05, 3.63) is 168 Å². The Morgan fingerprint density at radius 1 is 0.404 bits per heavy atom. The molecule has 0 saturated heterocycles. The molecule has 0 heterocycles. The minimum Gasteiger partial charge on any atom is -0.491 e.